The van der Waals surface area contributed by atoms with Crippen LogP contribution < -0.4 is 0 Å². The molecule has 1 aromatic carbocycles. The number of nitro groups is 1. The lowest BCUT2D eigenvalue weighted by molar-refractivity contribution is -0.570. The predicted molar refractivity (Wildman–Crippen MR) is 86.6 cm³/mol. The van der Waals surface area contributed by atoms with Crippen LogP contribution in [-0.4, -0.2) is 59.5 Å². The molecule has 2 aliphatic heterocycles. The maximum atomic E-state index is 12.0. The summed E-state index contributed by atoms with van der Waals surface area (Å²) in [5, 5.41) is 12.0. The third-order valence-electron chi connectivity index (χ3n) is 5.10. The van der Waals surface area contributed by atoms with Crippen LogP contribution in [0.5, 0.6) is 0 Å². The molecule has 2 atom stereocenters. The fourth-order valence-corrected chi connectivity index (χ4v) is 4.10. The van der Waals surface area contributed by atoms with Crippen LogP contribution in [0.4, 0.5) is 0 Å². The molecule has 120 valence electrons. The third kappa shape index (κ3) is 3.15. The maximum absolute atomic E-state index is 12.0. The van der Waals surface area contributed by atoms with E-state index < -0.39 is 5.54 Å². The fraction of sp³-hybridized carbons (Fsp3) is 0.647. The van der Waals surface area contributed by atoms with Crippen molar-refractivity contribution in [2.75, 3.05) is 33.2 Å². The Kier molecular flexibility index (Phi) is 4.45. The summed E-state index contributed by atoms with van der Waals surface area (Å²) in [5.41, 5.74) is 0.158. The molecular weight excluding hydrogens is 278 g/mol. The van der Waals surface area contributed by atoms with E-state index >= 15 is 0 Å². The largest absolute Gasteiger partial charge is 0.298 e. The van der Waals surface area contributed by atoms with Crippen LogP contribution in [0.15, 0.2) is 30.3 Å². The van der Waals surface area contributed by atoms with Gasteiger partial charge in [0, 0.05) is 23.9 Å². The number of rotatable bonds is 3. The second kappa shape index (κ2) is 6.34. The average molecular weight is 303 g/mol. The zero-order valence-corrected chi connectivity index (χ0v) is 13.3. The summed E-state index contributed by atoms with van der Waals surface area (Å²) in [6, 6.07) is 10.4. The van der Waals surface area contributed by atoms with Gasteiger partial charge in [0.15, 0.2) is 0 Å². The number of piperidine rings is 1. The van der Waals surface area contributed by atoms with Gasteiger partial charge in [0.05, 0.1) is 13.1 Å². The minimum Gasteiger partial charge on any atom is -0.298 e. The van der Waals surface area contributed by atoms with Gasteiger partial charge in [0.25, 0.3) is 5.54 Å². The van der Waals surface area contributed by atoms with Crippen molar-refractivity contribution in [3.05, 3.63) is 46.0 Å². The van der Waals surface area contributed by atoms with Gasteiger partial charge in [0.1, 0.15) is 0 Å². The van der Waals surface area contributed by atoms with E-state index in [4.69, 9.17) is 0 Å². The van der Waals surface area contributed by atoms with Crippen LogP contribution in [-0.2, 0) is 6.42 Å². The highest BCUT2D eigenvalue weighted by molar-refractivity contribution is 5.18. The molecule has 0 saturated carbocycles. The van der Waals surface area contributed by atoms with Crippen LogP contribution >= 0.6 is 0 Å². The maximum Gasteiger partial charge on any atom is 0.251 e. The molecule has 2 saturated heterocycles. The van der Waals surface area contributed by atoms with Crippen molar-refractivity contribution in [2.45, 2.75) is 37.3 Å². The predicted octanol–water partition coefficient (Wildman–Crippen LogP) is 2.04. The van der Waals surface area contributed by atoms with E-state index in [1.54, 1.807) is 0 Å². The average Bonchev–Trinajstić information content (AvgIpc) is 2.64. The molecule has 1 aromatic rings. The molecule has 2 fully saturated rings. The number of fused-ring (bicyclic) bond motifs is 1. The monoisotopic (exact) mass is 303 g/mol. The first-order valence-electron chi connectivity index (χ1n) is 8.20. The smallest absolute Gasteiger partial charge is 0.251 e. The van der Waals surface area contributed by atoms with Crippen molar-refractivity contribution in [3.8, 4) is 0 Å². The van der Waals surface area contributed by atoms with Crippen LogP contribution in [0.25, 0.3) is 0 Å². The highest BCUT2D eigenvalue weighted by Crippen LogP contribution is 2.28. The van der Waals surface area contributed by atoms with Gasteiger partial charge in [-0.2, -0.15) is 0 Å². The molecule has 0 aliphatic carbocycles. The van der Waals surface area contributed by atoms with Gasteiger partial charge in [-0.1, -0.05) is 36.8 Å². The van der Waals surface area contributed by atoms with E-state index in [2.05, 4.69) is 9.80 Å². The van der Waals surface area contributed by atoms with Crippen LogP contribution in [0.2, 0.25) is 0 Å². The summed E-state index contributed by atoms with van der Waals surface area (Å²) in [5.74, 6) is 0. The lowest BCUT2D eigenvalue weighted by atomic mass is 9.89. The molecule has 5 heteroatoms. The molecule has 22 heavy (non-hydrogen) atoms. The van der Waals surface area contributed by atoms with Crippen molar-refractivity contribution < 1.29 is 4.92 Å². The second-order valence-electron chi connectivity index (χ2n) is 6.96. The third-order valence-corrected chi connectivity index (χ3v) is 5.10. The van der Waals surface area contributed by atoms with Gasteiger partial charge < -0.3 is 0 Å². The van der Waals surface area contributed by atoms with E-state index in [9.17, 15) is 10.1 Å². The molecule has 2 heterocycles. The van der Waals surface area contributed by atoms with Gasteiger partial charge in [-0.25, -0.2) is 0 Å². The summed E-state index contributed by atoms with van der Waals surface area (Å²) in [4.78, 5) is 16.5. The number of benzene rings is 1. The molecule has 5 nitrogen and oxygen atoms in total. The van der Waals surface area contributed by atoms with E-state index in [0.717, 1.165) is 18.7 Å². The summed E-state index contributed by atoms with van der Waals surface area (Å²) in [7, 11) is 2.03. The molecule has 2 unspecified atom stereocenters. The number of hydrogen-bond donors (Lipinski definition) is 0. The lowest BCUT2D eigenvalue weighted by Crippen LogP contribution is -2.55. The molecule has 0 amide bonds. The Morgan fingerprint density at radius 1 is 1.27 bits per heavy atom. The second-order valence-corrected chi connectivity index (χ2v) is 6.96. The van der Waals surface area contributed by atoms with Crippen molar-refractivity contribution in [2.24, 2.45) is 0 Å². The van der Waals surface area contributed by atoms with Crippen LogP contribution in [0, 0.1) is 10.1 Å². The van der Waals surface area contributed by atoms with E-state index in [0.29, 0.717) is 25.6 Å². The number of likely N-dealkylation sites (N-methyl/N-ethyl adjacent to an activating group) is 1. The van der Waals surface area contributed by atoms with Crippen LogP contribution in [0.3, 0.4) is 0 Å². The van der Waals surface area contributed by atoms with Gasteiger partial charge in [-0.05, 0) is 32.0 Å². The van der Waals surface area contributed by atoms with E-state index in [1.165, 1.54) is 19.3 Å². The molecule has 0 spiro atoms. The van der Waals surface area contributed by atoms with Crippen molar-refractivity contribution in [1.29, 1.82) is 0 Å². The van der Waals surface area contributed by atoms with Gasteiger partial charge in [-0.15, -0.1) is 0 Å². The summed E-state index contributed by atoms with van der Waals surface area (Å²) >= 11 is 0. The molecule has 0 aromatic heterocycles. The lowest BCUT2D eigenvalue weighted by Gasteiger charge is -2.36. The number of hydrogen-bond acceptors (Lipinski definition) is 4. The van der Waals surface area contributed by atoms with E-state index in [-0.39, 0.29) is 4.92 Å². The Bertz CT molecular complexity index is 522. The van der Waals surface area contributed by atoms with E-state index in [1.807, 2.05) is 37.4 Å². The summed E-state index contributed by atoms with van der Waals surface area (Å²) in [6.45, 7) is 3.05. The van der Waals surface area contributed by atoms with Crippen molar-refractivity contribution in [3.63, 3.8) is 0 Å². The van der Waals surface area contributed by atoms with Crippen LogP contribution in [0.1, 0.15) is 24.8 Å². The topological polar surface area (TPSA) is 49.6 Å². The minimum absolute atomic E-state index is 0.0204. The normalized spacial score (nSPS) is 30.5. The first kappa shape index (κ1) is 15.4. The van der Waals surface area contributed by atoms with Crippen molar-refractivity contribution in [1.82, 2.24) is 9.80 Å². The Labute approximate surface area is 132 Å². The molecule has 2 aliphatic rings. The first-order chi connectivity index (χ1) is 10.6. The Balaban J connectivity index is 1.89. The quantitative estimate of drug-likeness (QED) is 0.633. The number of nitrogens with zero attached hydrogens (tertiary/aromatic N) is 3. The first-order valence-corrected chi connectivity index (χ1v) is 8.20. The van der Waals surface area contributed by atoms with Gasteiger partial charge in [-0.3, -0.25) is 19.9 Å². The van der Waals surface area contributed by atoms with Gasteiger partial charge >= 0.3 is 0 Å². The Morgan fingerprint density at radius 2 is 2.05 bits per heavy atom. The molecule has 0 N–H and O–H groups in total. The van der Waals surface area contributed by atoms with Gasteiger partial charge in [0.2, 0.25) is 0 Å². The fourth-order valence-electron chi connectivity index (χ4n) is 4.10. The Morgan fingerprint density at radius 3 is 2.77 bits per heavy atom. The highest BCUT2D eigenvalue weighted by Gasteiger charge is 2.49. The Hall–Kier alpha value is -1.46. The molecule has 0 bridgehead atoms. The standard InChI is InChI=1S/C17H25N3O2/c1-18-12-16-9-5-6-10-19(16)14-17(13-18,20(21)22)11-15-7-3-2-4-8-15/h2-4,7-8,16H,5-6,9-14H2,1H3. The zero-order valence-electron chi connectivity index (χ0n) is 13.3. The zero-order chi connectivity index (χ0) is 15.6. The van der Waals surface area contributed by atoms with Crippen molar-refractivity contribution >= 4 is 0 Å². The molecular formula is C17H25N3O2. The SMILES string of the molecule is CN1CC2CCCCN2CC(Cc2ccccc2)([N+](=O)[O-])C1. The summed E-state index contributed by atoms with van der Waals surface area (Å²) in [6.07, 6.45) is 4.09. The highest BCUT2D eigenvalue weighted by atomic mass is 16.6. The molecule has 3 rings (SSSR count). The molecule has 0 radical (unpaired) electrons. The summed E-state index contributed by atoms with van der Waals surface area (Å²) < 4.78 is 0. The minimum atomic E-state index is -0.901.